The Morgan fingerprint density at radius 1 is 1.39 bits per heavy atom. The van der Waals surface area contributed by atoms with Crippen LogP contribution in [-0.2, 0) is 11.2 Å². The van der Waals surface area contributed by atoms with Crippen molar-refractivity contribution in [1.29, 1.82) is 5.26 Å². The normalized spacial score (nSPS) is 11.7. The molecule has 96 valence electrons. The van der Waals surface area contributed by atoms with E-state index in [-0.39, 0.29) is 0 Å². The first-order valence-corrected chi connectivity index (χ1v) is 6.32. The lowest BCUT2D eigenvalue weighted by molar-refractivity contribution is -0.124. The van der Waals surface area contributed by atoms with Crippen molar-refractivity contribution < 1.29 is 4.79 Å². The van der Waals surface area contributed by atoms with Gasteiger partial charge in [-0.3, -0.25) is 4.79 Å². The first-order chi connectivity index (χ1) is 8.58. The predicted molar refractivity (Wildman–Crippen MR) is 72.1 cm³/mol. The summed E-state index contributed by atoms with van der Waals surface area (Å²) < 4.78 is 0. The zero-order valence-electron chi connectivity index (χ0n) is 11.3. The minimum Gasteiger partial charge on any atom is -0.333 e. The summed E-state index contributed by atoms with van der Waals surface area (Å²) in [7, 11) is 1.65. The van der Waals surface area contributed by atoms with Gasteiger partial charge in [-0.2, -0.15) is 5.26 Å². The summed E-state index contributed by atoms with van der Waals surface area (Å²) in [5.41, 5.74) is 2.54. The van der Waals surface area contributed by atoms with Gasteiger partial charge < -0.3 is 4.90 Å². The summed E-state index contributed by atoms with van der Waals surface area (Å²) in [5, 5.41) is 8.49. The van der Waals surface area contributed by atoms with Crippen LogP contribution in [0.1, 0.15) is 37.3 Å². The molecule has 1 aromatic carbocycles. The van der Waals surface area contributed by atoms with Crippen molar-refractivity contribution >= 4 is 5.91 Å². The molecule has 0 N–H and O–H groups in total. The third kappa shape index (κ3) is 3.89. The van der Waals surface area contributed by atoms with Crippen molar-refractivity contribution in [1.82, 2.24) is 4.90 Å². The summed E-state index contributed by atoms with van der Waals surface area (Å²) in [6, 6.07) is 10.1. The van der Waals surface area contributed by atoms with Crippen molar-refractivity contribution in [2.24, 2.45) is 0 Å². The average Bonchev–Trinajstić information content (AvgIpc) is 2.43. The van der Waals surface area contributed by atoms with Crippen molar-refractivity contribution in [2.75, 3.05) is 13.6 Å². The Labute approximate surface area is 109 Å². The third-order valence-corrected chi connectivity index (χ3v) is 3.34. The van der Waals surface area contributed by atoms with E-state index in [0.717, 1.165) is 12.8 Å². The maximum absolute atomic E-state index is 11.1. The molecule has 3 heteroatoms. The molecule has 1 unspecified atom stereocenters. The van der Waals surface area contributed by atoms with Crippen LogP contribution in [0.3, 0.4) is 0 Å². The van der Waals surface area contributed by atoms with E-state index >= 15 is 0 Å². The first-order valence-electron chi connectivity index (χ1n) is 6.32. The highest BCUT2D eigenvalue weighted by Gasteiger charge is 2.07. The highest BCUT2D eigenvalue weighted by Crippen LogP contribution is 2.18. The summed E-state index contributed by atoms with van der Waals surface area (Å²) in [5.74, 6) is 0.105. The standard InChI is InChI=1S/C15H20N2O/c1-4-12(2)14-7-5-13(6-8-14)9-10-17(3)15(18)11-16/h5-8,12H,4,9-10H2,1-3H3. The van der Waals surface area contributed by atoms with Gasteiger partial charge in [0.1, 0.15) is 0 Å². The molecule has 0 radical (unpaired) electrons. The molecule has 1 rings (SSSR count). The van der Waals surface area contributed by atoms with Gasteiger partial charge in [-0.1, -0.05) is 38.1 Å². The van der Waals surface area contributed by atoms with E-state index in [1.807, 2.05) is 0 Å². The molecule has 0 fully saturated rings. The van der Waals surface area contributed by atoms with Crippen LogP contribution in [0.5, 0.6) is 0 Å². The average molecular weight is 244 g/mol. The van der Waals surface area contributed by atoms with Gasteiger partial charge in [0.15, 0.2) is 6.07 Å². The molecule has 1 atom stereocenters. The van der Waals surface area contributed by atoms with Crippen LogP contribution in [0.25, 0.3) is 0 Å². The number of rotatable bonds is 5. The number of hydrogen-bond donors (Lipinski definition) is 0. The summed E-state index contributed by atoms with van der Waals surface area (Å²) in [6.07, 6.45) is 1.92. The lowest BCUT2D eigenvalue weighted by atomic mass is 9.97. The second kappa shape index (κ2) is 6.80. The monoisotopic (exact) mass is 244 g/mol. The molecule has 0 aliphatic heterocycles. The van der Waals surface area contributed by atoms with Gasteiger partial charge in [-0.25, -0.2) is 0 Å². The van der Waals surface area contributed by atoms with Gasteiger partial charge >= 0.3 is 5.91 Å². The number of carbonyl (C=O) groups is 1. The molecule has 0 spiro atoms. The molecular formula is C15H20N2O. The Kier molecular flexibility index (Phi) is 5.38. The molecule has 0 aromatic heterocycles. The zero-order chi connectivity index (χ0) is 13.5. The Hall–Kier alpha value is -1.82. The predicted octanol–water partition coefficient (Wildman–Crippen LogP) is 2.72. The fraction of sp³-hybridized carbons (Fsp3) is 0.467. The van der Waals surface area contributed by atoms with Crippen LogP contribution < -0.4 is 0 Å². The van der Waals surface area contributed by atoms with Crippen molar-refractivity contribution in [2.45, 2.75) is 32.6 Å². The molecule has 0 heterocycles. The minimum atomic E-state index is -0.480. The topological polar surface area (TPSA) is 44.1 Å². The van der Waals surface area contributed by atoms with Crippen LogP contribution in [0.15, 0.2) is 24.3 Å². The van der Waals surface area contributed by atoms with Crippen molar-refractivity contribution in [3.63, 3.8) is 0 Å². The van der Waals surface area contributed by atoms with E-state index in [1.165, 1.54) is 16.0 Å². The molecule has 1 aromatic rings. The van der Waals surface area contributed by atoms with Gasteiger partial charge in [0, 0.05) is 13.6 Å². The molecular weight excluding hydrogens is 224 g/mol. The molecule has 0 aliphatic carbocycles. The SMILES string of the molecule is CCC(C)c1ccc(CCN(C)C(=O)C#N)cc1. The molecule has 1 amide bonds. The second-order valence-corrected chi connectivity index (χ2v) is 4.64. The number of nitriles is 1. The number of amides is 1. The summed E-state index contributed by atoms with van der Waals surface area (Å²) >= 11 is 0. The maximum atomic E-state index is 11.1. The van der Waals surface area contributed by atoms with Crippen LogP contribution >= 0.6 is 0 Å². The lowest BCUT2D eigenvalue weighted by Crippen LogP contribution is -2.27. The van der Waals surface area contributed by atoms with E-state index in [2.05, 4.69) is 38.1 Å². The number of carbonyl (C=O) groups excluding carboxylic acids is 1. The number of benzene rings is 1. The van der Waals surface area contributed by atoms with Crippen molar-refractivity contribution in [3.8, 4) is 6.07 Å². The van der Waals surface area contributed by atoms with Crippen LogP contribution in [0.2, 0.25) is 0 Å². The Morgan fingerprint density at radius 3 is 2.50 bits per heavy atom. The fourth-order valence-electron chi connectivity index (χ4n) is 1.73. The molecule has 3 nitrogen and oxygen atoms in total. The number of hydrogen-bond acceptors (Lipinski definition) is 2. The Balaban J connectivity index is 2.55. The molecule has 0 saturated carbocycles. The van der Waals surface area contributed by atoms with Crippen LogP contribution in [0, 0.1) is 11.3 Å². The van der Waals surface area contributed by atoms with Gasteiger partial charge in [-0.05, 0) is 29.9 Å². The summed E-state index contributed by atoms with van der Waals surface area (Å²) in [4.78, 5) is 12.5. The quantitative estimate of drug-likeness (QED) is 0.747. The van der Waals surface area contributed by atoms with Gasteiger partial charge in [0.05, 0.1) is 0 Å². The number of likely N-dealkylation sites (N-methyl/N-ethyl adjacent to an activating group) is 1. The highest BCUT2D eigenvalue weighted by atomic mass is 16.2. The van der Waals surface area contributed by atoms with E-state index in [9.17, 15) is 4.79 Å². The van der Waals surface area contributed by atoms with E-state index in [4.69, 9.17) is 5.26 Å². The number of nitrogens with zero attached hydrogens (tertiary/aromatic N) is 2. The Bertz CT molecular complexity index is 431. The van der Waals surface area contributed by atoms with Gasteiger partial charge in [-0.15, -0.1) is 0 Å². The van der Waals surface area contributed by atoms with Crippen LogP contribution in [-0.4, -0.2) is 24.4 Å². The van der Waals surface area contributed by atoms with Crippen LogP contribution in [0.4, 0.5) is 0 Å². The molecule has 0 bridgehead atoms. The highest BCUT2D eigenvalue weighted by molar-refractivity contribution is 5.90. The minimum absolute atomic E-state index is 0.480. The summed E-state index contributed by atoms with van der Waals surface area (Å²) in [6.45, 7) is 4.98. The smallest absolute Gasteiger partial charge is 0.324 e. The Morgan fingerprint density at radius 2 is 2.00 bits per heavy atom. The zero-order valence-corrected chi connectivity index (χ0v) is 11.3. The van der Waals surface area contributed by atoms with E-state index < -0.39 is 5.91 Å². The lowest BCUT2D eigenvalue weighted by Gasteiger charge is -2.13. The molecule has 0 aliphatic rings. The van der Waals surface area contributed by atoms with Gasteiger partial charge in [0.2, 0.25) is 0 Å². The largest absolute Gasteiger partial charge is 0.333 e. The molecule has 18 heavy (non-hydrogen) atoms. The first kappa shape index (κ1) is 14.2. The third-order valence-electron chi connectivity index (χ3n) is 3.34. The maximum Gasteiger partial charge on any atom is 0.324 e. The van der Waals surface area contributed by atoms with E-state index in [1.54, 1.807) is 13.1 Å². The second-order valence-electron chi connectivity index (χ2n) is 4.64. The van der Waals surface area contributed by atoms with Gasteiger partial charge in [0.25, 0.3) is 0 Å². The fourth-order valence-corrected chi connectivity index (χ4v) is 1.73. The van der Waals surface area contributed by atoms with E-state index in [0.29, 0.717) is 12.5 Å². The molecule has 0 saturated heterocycles. The van der Waals surface area contributed by atoms with Crippen molar-refractivity contribution in [3.05, 3.63) is 35.4 Å².